The summed E-state index contributed by atoms with van der Waals surface area (Å²) in [7, 11) is 0. The normalized spacial score (nSPS) is 26.2. The summed E-state index contributed by atoms with van der Waals surface area (Å²) < 4.78 is 1.59. The van der Waals surface area contributed by atoms with Crippen LogP contribution in [0.3, 0.4) is 0 Å². The lowest BCUT2D eigenvalue weighted by Gasteiger charge is -2.33. The maximum atomic E-state index is 6.22. The Balaban J connectivity index is 2.01. The number of nitrogens with one attached hydrogen (secondary N) is 1. The summed E-state index contributed by atoms with van der Waals surface area (Å²) in [5.74, 6) is 0. The summed E-state index contributed by atoms with van der Waals surface area (Å²) in [6, 6.07) is 2.86. The van der Waals surface area contributed by atoms with Gasteiger partial charge in [-0.3, -0.25) is 0 Å². The predicted molar refractivity (Wildman–Crippen MR) is 85.4 cm³/mol. The van der Waals surface area contributed by atoms with Gasteiger partial charge < -0.3 is 5.32 Å². The predicted octanol–water partition coefficient (Wildman–Crippen LogP) is 5.38. The van der Waals surface area contributed by atoms with E-state index in [2.05, 4.69) is 18.5 Å². The van der Waals surface area contributed by atoms with Crippen LogP contribution in [-0.2, 0) is 0 Å². The van der Waals surface area contributed by atoms with Crippen LogP contribution in [0.5, 0.6) is 0 Å². The molecular formula is C13H19Cl2NS2. The lowest BCUT2D eigenvalue weighted by Crippen LogP contribution is -2.41. The number of thiophene rings is 1. The van der Waals surface area contributed by atoms with Crippen molar-refractivity contribution in [1.82, 2.24) is 5.32 Å². The second-order valence-corrected chi connectivity index (χ2v) is 8.20. The Morgan fingerprint density at radius 3 is 2.72 bits per heavy atom. The van der Waals surface area contributed by atoms with Gasteiger partial charge >= 0.3 is 0 Å². The summed E-state index contributed by atoms with van der Waals surface area (Å²) in [5, 5.41) is 4.46. The van der Waals surface area contributed by atoms with Crippen molar-refractivity contribution in [2.45, 2.75) is 49.9 Å². The standard InChI is InChI=1S/C13H19Cl2NS2/c1-8(9-7-12(14)18-13(9)15)16-10-5-3-4-6-11(10)17-2/h7-8,10-11,16H,3-6H2,1-2H3. The average molecular weight is 324 g/mol. The van der Waals surface area contributed by atoms with Crippen molar-refractivity contribution in [3.8, 4) is 0 Å². The second-order valence-electron chi connectivity index (χ2n) is 4.83. The van der Waals surface area contributed by atoms with Gasteiger partial charge in [0.15, 0.2) is 0 Å². The molecule has 1 aliphatic carbocycles. The quantitative estimate of drug-likeness (QED) is 0.798. The highest BCUT2D eigenvalue weighted by atomic mass is 35.5. The Morgan fingerprint density at radius 1 is 1.39 bits per heavy atom. The van der Waals surface area contributed by atoms with E-state index in [1.165, 1.54) is 37.0 Å². The van der Waals surface area contributed by atoms with E-state index in [1.807, 2.05) is 17.8 Å². The first-order valence-corrected chi connectivity index (χ1v) is 9.21. The Bertz CT molecular complexity index is 394. The fraction of sp³-hybridized carbons (Fsp3) is 0.692. The van der Waals surface area contributed by atoms with Crippen molar-refractivity contribution in [3.63, 3.8) is 0 Å². The van der Waals surface area contributed by atoms with Crippen LogP contribution in [0.1, 0.15) is 44.2 Å². The summed E-state index contributed by atoms with van der Waals surface area (Å²) in [6.45, 7) is 2.18. The molecule has 1 nitrogen and oxygen atoms in total. The van der Waals surface area contributed by atoms with Gasteiger partial charge in [-0.05, 0) is 37.7 Å². The lowest BCUT2D eigenvalue weighted by atomic mass is 9.94. The Kier molecular flexibility index (Phi) is 5.70. The molecule has 3 atom stereocenters. The molecule has 1 aromatic heterocycles. The van der Waals surface area contributed by atoms with Crippen LogP contribution in [-0.4, -0.2) is 17.5 Å². The zero-order chi connectivity index (χ0) is 13.1. The molecule has 5 heteroatoms. The maximum absolute atomic E-state index is 6.22. The Hall–Kier alpha value is 0.590. The van der Waals surface area contributed by atoms with Gasteiger partial charge in [0.1, 0.15) is 0 Å². The van der Waals surface area contributed by atoms with Crippen molar-refractivity contribution in [3.05, 3.63) is 20.3 Å². The van der Waals surface area contributed by atoms with Crippen LogP contribution in [0.4, 0.5) is 0 Å². The van der Waals surface area contributed by atoms with Gasteiger partial charge in [-0.1, -0.05) is 36.0 Å². The Morgan fingerprint density at radius 2 is 2.11 bits per heavy atom. The Labute approximate surface area is 128 Å². The molecule has 3 unspecified atom stereocenters. The van der Waals surface area contributed by atoms with E-state index in [-0.39, 0.29) is 6.04 Å². The molecule has 18 heavy (non-hydrogen) atoms. The number of thioether (sulfide) groups is 1. The number of rotatable bonds is 4. The van der Waals surface area contributed by atoms with Crippen LogP contribution in [0.2, 0.25) is 8.67 Å². The zero-order valence-corrected chi connectivity index (χ0v) is 13.9. The molecule has 1 heterocycles. The van der Waals surface area contributed by atoms with Gasteiger partial charge in [-0.2, -0.15) is 11.8 Å². The topological polar surface area (TPSA) is 12.0 Å². The molecule has 0 bridgehead atoms. The molecule has 1 aliphatic rings. The maximum Gasteiger partial charge on any atom is 0.0991 e. The highest BCUT2D eigenvalue weighted by molar-refractivity contribution is 7.99. The van der Waals surface area contributed by atoms with E-state index in [9.17, 15) is 0 Å². The molecule has 1 saturated carbocycles. The highest BCUT2D eigenvalue weighted by Gasteiger charge is 2.26. The van der Waals surface area contributed by atoms with Crippen molar-refractivity contribution < 1.29 is 0 Å². The molecular weight excluding hydrogens is 305 g/mol. The zero-order valence-electron chi connectivity index (χ0n) is 10.7. The lowest BCUT2D eigenvalue weighted by molar-refractivity contribution is 0.357. The molecule has 0 aromatic carbocycles. The van der Waals surface area contributed by atoms with Crippen LogP contribution in [0.25, 0.3) is 0 Å². The molecule has 0 aliphatic heterocycles. The van der Waals surface area contributed by atoms with Gasteiger partial charge in [-0.25, -0.2) is 0 Å². The summed E-state index contributed by atoms with van der Waals surface area (Å²) in [6.07, 6.45) is 7.50. The van der Waals surface area contributed by atoms with Gasteiger partial charge in [0, 0.05) is 17.3 Å². The average Bonchev–Trinajstić information content (AvgIpc) is 2.69. The van der Waals surface area contributed by atoms with Crippen LogP contribution < -0.4 is 5.32 Å². The minimum Gasteiger partial charge on any atom is -0.306 e. The minimum atomic E-state index is 0.277. The molecule has 0 radical (unpaired) electrons. The van der Waals surface area contributed by atoms with E-state index in [0.29, 0.717) is 6.04 Å². The highest BCUT2D eigenvalue weighted by Crippen LogP contribution is 2.36. The third-order valence-electron chi connectivity index (χ3n) is 3.62. The number of hydrogen-bond acceptors (Lipinski definition) is 3. The molecule has 1 aromatic rings. The van der Waals surface area contributed by atoms with E-state index in [4.69, 9.17) is 23.2 Å². The number of halogens is 2. The van der Waals surface area contributed by atoms with E-state index in [1.54, 1.807) is 0 Å². The van der Waals surface area contributed by atoms with Crippen LogP contribution in [0.15, 0.2) is 6.07 Å². The summed E-state index contributed by atoms with van der Waals surface area (Å²) >= 11 is 15.7. The van der Waals surface area contributed by atoms with Crippen LogP contribution >= 0.6 is 46.3 Å². The monoisotopic (exact) mass is 323 g/mol. The van der Waals surface area contributed by atoms with Gasteiger partial charge in [0.25, 0.3) is 0 Å². The second kappa shape index (κ2) is 6.85. The van der Waals surface area contributed by atoms with Crippen molar-refractivity contribution in [2.75, 3.05) is 6.26 Å². The molecule has 1 N–H and O–H groups in total. The minimum absolute atomic E-state index is 0.277. The van der Waals surface area contributed by atoms with Crippen molar-refractivity contribution in [2.24, 2.45) is 0 Å². The van der Waals surface area contributed by atoms with Crippen molar-refractivity contribution in [1.29, 1.82) is 0 Å². The van der Waals surface area contributed by atoms with E-state index in [0.717, 1.165) is 19.5 Å². The molecule has 0 amide bonds. The van der Waals surface area contributed by atoms with Gasteiger partial charge in [-0.15, -0.1) is 11.3 Å². The number of hydrogen-bond donors (Lipinski definition) is 1. The van der Waals surface area contributed by atoms with Gasteiger partial charge in [0.05, 0.1) is 8.67 Å². The smallest absolute Gasteiger partial charge is 0.0991 e. The van der Waals surface area contributed by atoms with E-state index >= 15 is 0 Å². The third-order valence-corrected chi connectivity index (χ3v) is 6.31. The largest absolute Gasteiger partial charge is 0.306 e. The van der Waals surface area contributed by atoms with Crippen LogP contribution in [0, 0.1) is 0 Å². The molecule has 2 rings (SSSR count). The first kappa shape index (κ1) is 15.0. The van der Waals surface area contributed by atoms with Crippen molar-refractivity contribution >= 4 is 46.3 Å². The van der Waals surface area contributed by atoms with Gasteiger partial charge in [0.2, 0.25) is 0 Å². The third kappa shape index (κ3) is 3.57. The fourth-order valence-corrected chi connectivity index (χ4v) is 5.22. The van der Waals surface area contributed by atoms with E-state index < -0.39 is 0 Å². The fourth-order valence-electron chi connectivity index (χ4n) is 2.63. The molecule has 102 valence electrons. The molecule has 1 fully saturated rings. The first-order valence-electron chi connectivity index (χ1n) is 6.35. The SMILES string of the molecule is CSC1CCCCC1NC(C)c1cc(Cl)sc1Cl. The molecule has 0 saturated heterocycles. The molecule has 0 spiro atoms. The summed E-state index contributed by atoms with van der Waals surface area (Å²) in [4.78, 5) is 0. The summed E-state index contributed by atoms with van der Waals surface area (Å²) in [5.41, 5.74) is 1.14. The first-order chi connectivity index (χ1) is 8.61.